The number of aromatic nitrogens is 2. The number of amides is 1. The highest BCUT2D eigenvalue weighted by Crippen LogP contribution is 2.43. The number of aryl methyl sites for hydroxylation is 1. The highest BCUT2D eigenvalue weighted by Gasteiger charge is 2.39. The van der Waals surface area contributed by atoms with E-state index in [0.717, 1.165) is 6.20 Å². The highest BCUT2D eigenvalue weighted by molar-refractivity contribution is 5.99. The summed E-state index contributed by atoms with van der Waals surface area (Å²) < 4.78 is 45.1. The van der Waals surface area contributed by atoms with Gasteiger partial charge in [0.1, 0.15) is 5.65 Å². The number of rotatable bonds is 5. The Hall–Kier alpha value is -3.67. The first-order valence-electron chi connectivity index (χ1n) is 11.9. The number of alkyl halides is 3. The molecular weight excluding hydrogens is 469 g/mol. The lowest BCUT2D eigenvalue weighted by Gasteiger charge is -2.33. The molecule has 1 amide bonds. The summed E-state index contributed by atoms with van der Waals surface area (Å²) in [7, 11) is 1.66. The van der Waals surface area contributed by atoms with Crippen LogP contribution in [-0.4, -0.2) is 39.2 Å². The van der Waals surface area contributed by atoms with Crippen LogP contribution in [0.3, 0.4) is 0 Å². The molecule has 0 radical (unpaired) electrons. The van der Waals surface area contributed by atoms with Gasteiger partial charge in [0, 0.05) is 55.8 Å². The van der Waals surface area contributed by atoms with Gasteiger partial charge in [-0.1, -0.05) is 26.0 Å². The predicted octanol–water partition coefficient (Wildman–Crippen LogP) is 5.25. The first-order chi connectivity index (χ1) is 17.0. The molecule has 3 heterocycles. The van der Waals surface area contributed by atoms with Gasteiger partial charge in [0.05, 0.1) is 17.2 Å². The van der Waals surface area contributed by atoms with E-state index < -0.39 is 23.9 Å². The van der Waals surface area contributed by atoms with Crippen LogP contribution in [-0.2, 0) is 24.4 Å². The van der Waals surface area contributed by atoms with Gasteiger partial charge in [0.15, 0.2) is 5.78 Å². The first-order valence-corrected chi connectivity index (χ1v) is 11.9. The van der Waals surface area contributed by atoms with E-state index in [2.05, 4.69) is 4.98 Å². The number of likely N-dealkylation sites (tertiary alicyclic amines) is 1. The van der Waals surface area contributed by atoms with Gasteiger partial charge in [-0.25, -0.2) is 4.98 Å². The molecule has 1 fully saturated rings. The molecule has 0 atom stereocenters. The maximum Gasteiger partial charge on any atom is 0.417 e. The molecule has 0 saturated carbocycles. The van der Waals surface area contributed by atoms with Crippen LogP contribution in [0.25, 0.3) is 11.0 Å². The van der Waals surface area contributed by atoms with Gasteiger partial charge in [0.25, 0.3) is 0 Å². The second-order valence-electron chi connectivity index (χ2n) is 9.60. The zero-order valence-electron chi connectivity index (χ0n) is 20.4. The fourth-order valence-electron chi connectivity index (χ4n) is 5.00. The molecule has 0 unspecified atom stereocenters. The molecule has 1 saturated heterocycles. The monoisotopic (exact) mass is 496 g/mol. The van der Waals surface area contributed by atoms with Crippen molar-refractivity contribution in [3.05, 3.63) is 64.5 Å². The zero-order valence-corrected chi connectivity index (χ0v) is 20.4. The standard InChI is InChI=1S/C27H27F3N4O2/c1-16(2)26(36)34-9-7-18(8-10-34)21-15-33(3)25-23(21)24(27(28,29)30)20(14-32-25)12-22(35)19-6-4-5-17(11-19)13-31/h4-6,11,14-16,18H,7-10,12H2,1-3H3. The Bertz CT molecular complexity index is 1360. The third kappa shape index (κ3) is 4.85. The fraction of sp³-hybridized carbons (Fsp3) is 0.407. The lowest BCUT2D eigenvalue weighted by atomic mass is 9.87. The van der Waals surface area contributed by atoms with Crippen molar-refractivity contribution < 1.29 is 22.8 Å². The number of benzene rings is 1. The van der Waals surface area contributed by atoms with Gasteiger partial charge in [-0.05, 0) is 42.0 Å². The molecule has 0 aliphatic carbocycles. The number of hydrogen-bond acceptors (Lipinski definition) is 4. The van der Waals surface area contributed by atoms with E-state index in [1.54, 1.807) is 22.7 Å². The quantitative estimate of drug-likeness (QED) is 0.452. The van der Waals surface area contributed by atoms with Gasteiger partial charge in [-0.2, -0.15) is 18.4 Å². The summed E-state index contributed by atoms with van der Waals surface area (Å²) in [4.78, 5) is 31.3. The number of hydrogen-bond donors (Lipinski definition) is 0. The van der Waals surface area contributed by atoms with Crippen LogP contribution in [0.5, 0.6) is 0 Å². The Balaban J connectivity index is 1.74. The number of carbonyl (C=O) groups is 2. The number of pyridine rings is 1. The number of Topliss-reactive ketones (excluding diaryl/α,β-unsaturated/α-hetero) is 1. The minimum Gasteiger partial charge on any atom is -0.342 e. The Labute approximate surface area is 207 Å². The van der Waals surface area contributed by atoms with Crippen LogP contribution in [0, 0.1) is 17.2 Å². The summed E-state index contributed by atoms with van der Waals surface area (Å²) in [6.07, 6.45) is -1.25. The Morgan fingerprint density at radius 1 is 1.22 bits per heavy atom. The van der Waals surface area contributed by atoms with Gasteiger partial charge in [-0.3, -0.25) is 9.59 Å². The molecule has 1 aliphatic rings. The van der Waals surface area contributed by atoms with Crippen LogP contribution in [0.4, 0.5) is 13.2 Å². The van der Waals surface area contributed by atoms with E-state index in [1.807, 2.05) is 19.9 Å². The number of carbonyl (C=O) groups excluding carboxylic acids is 2. The molecule has 9 heteroatoms. The van der Waals surface area contributed by atoms with Gasteiger partial charge in [0.2, 0.25) is 5.91 Å². The fourth-order valence-corrected chi connectivity index (χ4v) is 5.00. The Morgan fingerprint density at radius 3 is 2.53 bits per heavy atom. The number of nitriles is 1. The van der Waals surface area contributed by atoms with Crippen molar-refractivity contribution in [1.29, 1.82) is 5.26 Å². The summed E-state index contributed by atoms with van der Waals surface area (Å²) in [6, 6.07) is 7.86. The van der Waals surface area contributed by atoms with Gasteiger partial charge < -0.3 is 9.47 Å². The molecule has 4 rings (SSSR count). The molecular formula is C27H27F3N4O2. The predicted molar refractivity (Wildman–Crippen MR) is 128 cm³/mol. The van der Waals surface area contributed by atoms with E-state index >= 15 is 0 Å². The zero-order chi connectivity index (χ0) is 26.2. The van der Waals surface area contributed by atoms with Crippen LogP contribution < -0.4 is 0 Å². The second kappa shape index (κ2) is 9.76. The summed E-state index contributed by atoms with van der Waals surface area (Å²) in [6.45, 7) is 4.64. The molecule has 6 nitrogen and oxygen atoms in total. The molecule has 0 N–H and O–H groups in total. The third-order valence-electron chi connectivity index (χ3n) is 6.78. The maximum absolute atomic E-state index is 14.5. The number of fused-ring (bicyclic) bond motifs is 1. The normalized spacial score (nSPS) is 14.9. The SMILES string of the molecule is CC(C)C(=O)N1CCC(c2cn(C)c3ncc(CC(=O)c4cccc(C#N)c4)c(C(F)(F)F)c23)CC1. The number of halogens is 3. The number of ketones is 1. The summed E-state index contributed by atoms with van der Waals surface area (Å²) in [5.74, 6) is -0.762. The summed E-state index contributed by atoms with van der Waals surface area (Å²) >= 11 is 0. The molecule has 1 aromatic carbocycles. The number of nitrogens with zero attached hydrogens (tertiary/aromatic N) is 4. The highest BCUT2D eigenvalue weighted by atomic mass is 19.4. The maximum atomic E-state index is 14.5. The molecule has 3 aromatic rings. The van der Waals surface area contributed by atoms with Crippen LogP contribution in [0.1, 0.15) is 65.2 Å². The smallest absolute Gasteiger partial charge is 0.342 e. The second-order valence-corrected chi connectivity index (χ2v) is 9.60. The van der Waals surface area contributed by atoms with E-state index in [0.29, 0.717) is 31.5 Å². The Morgan fingerprint density at radius 2 is 1.92 bits per heavy atom. The average Bonchev–Trinajstić information content (AvgIpc) is 3.18. The van der Waals surface area contributed by atoms with Crippen molar-refractivity contribution in [3.8, 4) is 6.07 Å². The van der Waals surface area contributed by atoms with Crippen molar-refractivity contribution in [3.63, 3.8) is 0 Å². The molecule has 1 aliphatic heterocycles. The molecule has 36 heavy (non-hydrogen) atoms. The van der Waals surface area contributed by atoms with Crippen molar-refractivity contribution in [2.75, 3.05) is 13.1 Å². The molecule has 0 spiro atoms. The third-order valence-corrected chi connectivity index (χ3v) is 6.78. The Kier molecular flexibility index (Phi) is 6.90. The van der Waals surface area contributed by atoms with Crippen molar-refractivity contribution in [1.82, 2.24) is 14.5 Å². The lowest BCUT2D eigenvalue weighted by molar-refractivity contribution is -0.137. The average molecular weight is 497 g/mol. The summed E-state index contributed by atoms with van der Waals surface area (Å²) in [5.41, 5.74) is 0.164. The number of piperidine rings is 1. The van der Waals surface area contributed by atoms with E-state index in [4.69, 9.17) is 5.26 Å². The van der Waals surface area contributed by atoms with E-state index in [1.165, 1.54) is 24.3 Å². The van der Waals surface area contributed by atoms with Crippen LogP contribution in [0.15, 0.2) is 36.7 Å². The lowest BCUT2D eigenvalue weighted by Crippen LogP contribution is -2.40. The van der Waals surface area contributed by atoms with Crippen molar-refractivity contribution >= 4 is 22.7 Å². The van der Waals surface area contributed by atoms with Crippen LogP contribution in [0.2, 0.25) is 0 Å². The van der Waals surface area contributed by atoms with Gasteiger partial charge >= 0.3 is 6.18 Å². The molecule has 2 aromatic heterocycles. The van der Waals surface area contributed by atoms with Gasteiger partial charge in [-0.15, -0.1) is 0 Å². The largest absolute Gasteiger partial charge is 0.417 e. The molecule has 0 bridgehead atoms. The van der Waals surface area contributed by atoms with E-state index in [-0.39, 0.29) is 45.5 Å². The molecule has 188 valence electrons. The van der Waals surface area contributed by atoms with Crippen molar-refractivity contribution in [2.24, 2.45) is 13.0 Å². The first kappa shape index (κ1) is 25.4. The minimum atomic E-state index is -4.70. The topological polar surface area (TPSA) is 79.0 Å². The van der Waals surface area contributed by atoms with Crippen LogP contribution >= 0.6 is 0 Å². The van der Waals surface area contributed by atoms with Crippen molar-refractivity contribution in [2.45, 2.75) is 45.2 Å². The summed E-state index contributed by atoms with van der Waals surface area (Å²) in [5, 5.41) is 9.11. The minimum absolute atomic E-state index is 0.0229. The van der Waals surface area contributed by atoms with E-state index in [9.17, 15) is 22.8 Å².